The van der Waals surface area contributed by atoms with Crippen molar-refractivity contribution in [3.63, 3.8) is 0 Å². The quantitative estimate of drug-likeness (QED) is 0.297. The molecule has 0 saturated heterocycles. The van der Waals surface area contributed by atoms with Crippen LogP contribution < -0.4 is 4.18 Å². The summed E-state index contributed by atoms with van der Waals surface area (Å²) in [7, 11) is -3.99. The average molecular weight is 468 g/mol. The summed E-state index contributed by atoms with van der Waals surface area (Å²) >= 11 is 6.04. The van der Waals surface area contributed by atoms with E-state index >= 15 is 0 Å². The zero-order valence-corrected chi connectivity index (χ0v) is 18.8. The monoisotopic (exact) mass is 467 g/mol. The molecule has 3 aromatic rings. The number of halogens is 1. The number of carbonyl (C=O) groups is 1. The molecule has 0 saturated carbocycles. The number of hydrogen-bond acceptors (Lipinski definition) is 6. The van der Waals surface area contributed by atoms with E-state index in [1.807, 2.05) is 13.8 Å². The van der Waals surface area contributed by atoms with E-state index in [1.54, 1.807) is 42.5 Å². The van der Waals surface area contributed by atoms with Crippen LogP contribution in [0.2, 0.25) is 5.02 Å². The molecule has 0 fully saturated rings. The minimum atomic E-state index is -3.99. The predicted octanol–water partition coefficient (Wildman–Crippen LogP) is 5.07. The first kappa shape index (κ1) is 21.8. The Morgan fingerprint density at radius 3 is 2.47 bits per heavy atom. The van der Waals surface area contributed by atoms with E-state index in [0.29, 0.717) is 16.1 Å². The first-order valence-electron chi connectivity index (χ1n) is 9.61. The highest BCUT2D eigenvalue weighted by molar-refractivity contribution is 7.87. The van der Waals surface area contributed by atoms with Crippen LogP contribution in [0.4, 0.5) is 0 Å². The normalized spacial score (nSPS) is 14.9. The number of aryl methyl sites for hydroxylation is 2. The Labute approximate surface area is 190 Å². The van der Waals surface area contributed by atoms with Crippen LogP contribution in [0.15, 0.2) is 82.3 Å². The molecule has 0 aromatic heterocycles. The van der Waals surface area contributed by atoms with Crippen LogP contribution in [0.25, 0.3) is 6.08 Å². The Morgan fingerprint density at radius 2 is 1.75 bits per heavy atom. The zero-order chi connectivity index (χ0) is 22.9. The fourth-order valence-corrected chi connectivity index (χ4v) is 4.04. The van der Waals surface area contributed by atoms with Gasteiger partial charge in [-0.25, -0.2) is 9.79 Å². The summed E-state index contributed by atoms with van der Waals surface area (Å²) in [5.41, 5.74) is 3.02. The fourth-order valence-electron chi connectivity index (χ4n) is 3.00. The molecule has 6 nitrogen and oxygen atoms in total. The van der Waals surface area contributed by atoms with Crippen LogP contribution in [0.3, 0.4) is 0 Å². The number of hydrogen-bond donors (Lipinski definition) is 0. The number of aliphatic imine (C=N–C) groups is 1. The standard InChI is InChI=1S/C24H18ClNO5S/c1-15-6-9-20(10-7-15)32(28,29)31-19-5-3-4-17(13-19)14-22-24(27)30-23(26-22)18-8-11-21(25)16(2)12-18/h3-14H,1-2H3/b22-14+. The molecule has 0 unspecified atom stereocenters. The van der Waals surface area contributed by atoms with Gasteiger partial charge in [0.15, 0.2) is 5.70 Å². The lowest BCUT2D eigenvalue weighted by atomic mass is 10.1. The lowest BCUT2D eigenvalue weighted by Gasteiger charge is -2.08. The summed E-state index contributed by atoms with van der Waals surface area (Å²) in [4.78, 5) is 16.6. The Kier molecular flexibility index (Phi) is 5.86. The second kappa shape index (κ2) is 8.61. The molecule has 0 aliphatic carbocycles. The highest BCUT2D eigenvalue weighted by atomic mass is 35.5. The number of rotatable bonds is 5. The zero-order valence-electron chi connectivity index (χ0n) is 17.2. The van der Waals surface area contributed by atoms with Crippen molar-refractivity contribution in [1.82, 2.24) is 0 Å². The molecule has 0 bridgehead atoms. The van der Waals surface area contributed by atoms with Crippen molar-refractivity contribution >= 4 is 39.7 Å². The maximum atomic E-state index is 12.5. The van der Waals surface area contributed by atoms with E-state index in [1.165, 1.54) is 30.3 Å². The van der Waals surface area contributed by atoms with Crippen LogP contribution in [0, 0.1) is 13.8 Å². The van der Waals surface area contributed by atoms with E-state index in [2.05, 4.69) is 4.99 Å². The van der Waals surface area contributed by atoms with E-state index in [4.69, 9.17) is 20.5 Å². The maximum absolute atomic E-state index is 12.5. The van der Waals surface area contributed by atoms with Crippen LogP contribution in [-0.4, -0.2) is 20.3 Å². The third kappa shape index (κ3) is 4.74. The molecule has 3 aromatic carbocycles. The largest absolute Gasteiger partial charge is 0.402 e. The lowest BCUT2D eigenvalue weighted by molar-refractivity contribution is -0.129. The summed E-state index contributed by atoms with van der Waals surface area (Å²) < 4.78 is 35.6. The van der Waals surface area contributed by atoms with Gasteiger partial charge in [0.05, 0.1) is 0 Å². The first-order chi connectivity index (χ1) is 15.2. The molecular formula is C24H18ClNO5S. The molecule has 1 heterocycles. The van der Waals surface area contributed by atoms with Crippen molar-refractivity contribution in [1.29, 1.82) is 0 Å². The molecule has 1 aliphatic rings. The lowest BCUT2D eigenvalue weighted by Crippen LogP contribution is -2.09. The molecule has 0 spiro atoms. The van der Waals surface area contributed by atoms with Gasteiger partial charge in [0.1, 0.15) is 10.6 Å². The van der Waals surface area contributed by atoms with E-state index in [0.717, 1.165) is 11.1 Å². The summed E-state index contributed by atoms with van der Waals surface area (Å²) in [6.07, 6.45) is 1.50. The topological polar surface area (TPSA) is 82.0 Å². The molecule has 8 heteroatoms. The van der Waals surface area contributed by atoms with Crippen molar-refractivity contribution in [3.8, 4) is 5.75 Å². The van der Waals surface area contributed by atoms with Crippen LogP contribution in [0.1, 0.15) is 22.3 Å². The summed E-state index contributed by atoms with van der Waals surface area (Å²) in [6.45, 7) is 3.71. The minimum Gasteiger partial charge on any atom is -0.402 e. The Bertz CT molecular complexity index is 1380. The second-order valence-electron chi connectivity index (χ2n) is 7.22. The molecule has 4 rings (SSSR count). The molecular weight excluding hydrogens is 450 g/mol. The van der Waals surface area contributed by atoms with Gasteiger partial charge in [-0.1, -0.05) is 41.4 Å². The fraction of sp³-hybridized carbons (Fsp3) is 0.0833. The van der Waals surface area contributed by atoms with Gasteiger partial charge < -0.3 is 8.92 Å². The highest BCUT2D eigenvalue weighted by Gasteiger charge is 2.24. The van der Waals surface area contributed by atoms with Gasteiger partial charge in [-0.05, 0) is 73.5 Å². The number of esters is 1. The SMILES string of the molecule is Cc1ccc(S(=O)(=O)Oc2cccc(/C=C3/N=C(c4ccc(Cl)c(C)c4)OC3=O)c2)cc1. The molecule has 162 valence electrons. The van der Waals surface area contributed by atoms with Gasteiger partial charge in [-0.15, -0.1) is 0 Å². The number of cyclic esters (lactones) is 1. The van der Waals surface area contributed by atoms with Crippen molar-refractivity contribution in [2.75, 3.05) is 0 Å². The molecule has 1 aliphatic heterocycles. The van der Waals surface area contributed by atoms with E-state index in [-0.39, 0.29) is 22.2 Å². The van der Waals surface area contributed by atoms with E-state index < -0.39 is 16.1 Å². The Morgan fingerprint density at radius 1 is 1.00 bits per heavy atom. The number of nitrogens with zero attached hydrogens (tertiary/aromatic N) is 1. The Hall–Kier alpha value is -3.42. The van der Waals surface area contributed by atoms with Gasteiger partial charge in [-0.2, -0.15) is 8.42 Å². The van der Waals surface area contributed by atoms with Gasteiger partial charge in [-0.3, -0.25) is 0 Å². The van der Waals surface area contributed by atoms with Gasteiger partial charge in [0.2, 0.25) is 5.90 Å². The van der Waals surface area contributed by atoms with Crippen molar-refractivity contribution in [2.45, 2.75) is 18.7 Å². The molecule has 0 N–H and O–H groups in total. The molecule has 32 heavy (non-hydrogen) atoms. The van der Waals surface area contributed by atoms with Crippen LogP contribution in [-0.2, 0) is 19.6 Å². The maximum Gasteiger partial charge on any atom is 0.363 e. The second-order valence-corrected chi connectivity index (χ2v) is 9.18. The first-order valence-corrected chi connectivity index (χ1v) is 11.4. The van der Waals surface area contributed by atoms with Gasteiger partial charge in [0.25, 0.3) is 0 Å². The predicted molar refractivity (Wildman–Crippen MR) is 122 cm³/mol. The van der Waals surface area contributed by atoms with Gasteiger partial charge in [0, 0.05) is 10.6 Å². The molecule has 0 radical (unpaired) electrons. The molecule has 0 amide bonds. The summed E-state index contributed by atoms with van der Waals surface area (Å²) in [6, 6.07) is 17.9. The third-order valence-electron chi connectivity index (χ3n) is 4.70. The Balaban J connectivity index is 1.59. The van der Waals surface area contributed by atoms with Crippen molar-refractivity contribution < 1.29 is 22.1 Å². The van der Waals surface area contributed by atoms with E-state index in [9.17, 15) is 13.2 Å². The number of carbonyl (C=O) groups excluding carboxylic acids is 1. The smallest absolute Gasteiger partial charge is 0.363 e. The van der Waals surface area contributed by atoms with Crippen LogP contribution >= 0.6 is 11.6 Å². The molecule has 0 atom stereocenters. The number of ether oxygens (including phenoxy) is 1. The van der Waals surface area contributed by atoms with Crippen molar-refractivity contribution in [3.05, 3.63) is 99.7 Å². The average Bonchev–Trinajstić information content (AvgIpc) is 3.10. The van der Waals surface area contributed by atoms with Crippen LogP contribution in [0.5, 0.6) is 5.75 Å². The minimum absolute atomic E-state index is 0.0544. The highest BCUT2D eigenvalue weighted by Crippen LogP contribution is 2.25. The third-order valence-corrected chi connectivity index (χ3v) is 6.39. The van der Waals surface area contributed by atoms with Crippen molar-refractivity contribution in [2.24, 2.45) is 4.99 Å². The number of benzene rings is 3. The summed E-state index contributed by atoms with van der Waals surface area (Å²) in [5, 5.41) is 0.604. The van der Waals surface area contributed by atoms with Gasteiger partial charge >= 0.3 is 16.1 Å². The summed E-state index contributed by atoms with van der Waals surface area (Å²) in [5.74, 6) is -0.314.